The van der Waals surface area contributed by atoms with Crippen LogP contribution in [0.5, 0.6) is 0 Å². The van der Waals surface area contributed by atoms with Gasteiger partial charge in [0.2, 0.25) is 0 Å². The van der Waals surface area contributed by atoms with E-state index in [-0.39, 0.29) is 6.29 Å². The lowest BCUT2D eigenvalue weighted by molar-refractivity contribution is -0.0526. The maximum atomic E-state index is 5.54. The highest BCUT2D eigenvalue weighted by Gasteiger charge is 2.23. The van der Waals surface area contributed by atoms with E-state index in [0.717, 1.165) is 29.6 Å². The predicted octanol–water partition coefficient (Wildman–Crippen LogP) is 1.77. The van der Waals surface area contributed by atoms with Crippen LogP contribution in [0, 0.1) is 6.92 Å². The lowest BCUT2D eigenvalue weighted by atomic mass is 10.1. The average molecular weight is 332 g/mol. The van der Waals surface area contributed by atoms with Gasteiger partial charge in [-0.2, -0.15) is 5.10 Å². The molecular formula is C13H22BrN3O2. The summed E-state index contributed by atoms with van der Waals surface area (Å²) in [5, 5.41) is 7.93. The SMILES string of the molecule is CCNC(Cc1c(Br)c(C)nn1C)CC1OCCO1. The molecule has 0 bridgehead atoms. The van der Waals surface area contributed by atoms with Gasteiger partial charge < -0.3 is 14.8 Å². The van der Waals surface area contributed by atoms with E-state index in [2.05, 4.69) is 33.3 Å². The summed E-state index contributed by atoms with van der Waals surface area (Å²) in [6.45, 7) is 6.48. The Balaban J connectivity index is 2.02. The first-order chi connectivity index (χ1) is 9.11. The summed E-state index contributed by atoms with van der Waals surface area (Å²) >= 11 is 3.62. The average Bonchev–Trinajstić information content (AvgIpc) is 2.94. The summed E-state index contributed by atoms with van der Waals surface area (Å²) in [7, 11) is 1.98. The number of hydrogen-bond donors (Lipinski definition) is 1. The monoisotopic (exact) mass is 331 g/mol. The minimum Gasteiger partial charge on any atom is -0.350 e. The number of rotatable bonds is 6. The molecule has 1 saturated heterocycles. The molecule has 0 aromatic carbocycles. The second-order valence-corrected chi connectivity index (χ2v) is 5.63. The van der Waals surface area contributed by atoms with Crippen molar-refractivity contribution in [3.05, 3.63) is 15.9 Å². The first-order valence-corrected chi connectivity index (χ1v) is 7.55. The molecule has 0 saturated carbocycles. The van der Waals surface area contributed by atoms with Crippen molar-refractivity contribution in [2.45, 2.75) is 39.0 Å². The van der Waals surface area contributed by atoms with E-state index in [9.17, 15) is 0 Å². The molecule has 5 nitrogen and oxygen atoms in total. The third-order valence-corrected chi connectivity index (χ3v) is 4.39. The van der Waals surface area contributed by atoms with Crippen molar-refractivity contribution >= 4 is 15.9 Å². The topological polar surface area (TPSA) is 48.3 Å². The summed E-state index contributed by atoms with van der Waals surface area (Å²) < 4.78 is 14.1. The smallest absolute Gasteiger partial charge is 0.159 e. The fraction of sp³-hybridized carbons (Fsp3) is 0.769. The van der Waals surface area contributed by atoms with Gasteiger partial charge in [-0.05, 0) is 29.4 Å². The van der Waals surface area contributed by atoms with Gasteiger partial charge in [-0.25, -0.2) is 0 Å². The number of aromatic nitrogens is 2. The molecule has 2 rings (SSSR count). The molecule has 1 N–H and O–H groups in total. The normalized spacial score (nSPS) is 18.1. The Labute approximate surface area is 122 Å². The molecule has 1 aromatic heterocycles. The van der Waals surface area contributed by atoms with Gasteiger partial charge in [0.25, 0.3) is 0 Å². The largest absolute Gasteiger partial charge is 0.350 e. The number of nitrogens with zero attached hydrogens (tertiary/aromatic N) is 2. The molecule has 1 atom stereocenters. The third-order valence-electron chi connectivity index (χ3n) is 3.36. The highest BCUT2D eigenvalue weighted by Crippen LogP contribution is 2.23. The number of likely N-dealkylation sites (N-methyl/N-ethyl adjacent to an activating group) is 1. The van der Waals surface area contributed by atoms with Crippen molar-refractivity contribution in [1.82, 2.24) is 15.1 Å². The van der Waals surface area contributed by atoms with Crippen LogP contribution in [-0.2, 0) is 22.9 Å². The molecule has 1 fully saturated rings. The van der Waals surface area contributed by atoms with Crippen molar-refractivity contribution < 1.29 is 9.47 Å². The number of aryl methyl sites for hydroxylation is 2. The van der Waals surface area contributed by atoms with E-state index in [1.807, 2.05) is 18.7 Å². The number of ether oxygens (including phenoxy) is 2. The third kappa shape index (κ3) is 3.78. The Morgan fingerprint density at radius 1 is 1.47 bits per heavy atom. The molecule has 0 amide bonds. The molecule has 0 radical (unpaired) electrons. The zero-order chi connectivity index (χ0) is 13.8. The molecule has 6 heteroatoms. The maximum absolute atomic E-state index is 5.54. The fourth-order valence-corrected chi connectivity index (χ4v) is 2.94. The summed E-state index contributed by atoms with van der Waals surface area (Å²) in [5.41, 5.74) is 2.24. The van der Waals surface area contributed by atoms with Crippen molar-refractivity contribution in [3.8, 4) is 0 Å². The quantitative estimate of drug-likeness (QED) is 0.863. The lowest BCUT2D eigenvalue weighted by Gasteiger charge is -2.21. The first kappa shape index (κ1) is 15.0. The fourth-order valence-electron chi connectivity index (χ4n) is 2.44. The zero-order valence-corrected chi connectivity index (χ0v) is 13.4. The zero-order valence-electron chi connectivity index (χ0n) is 11.8. The van der Waals surface area contributed by atoms with E-state index in [4.69, 9.17) is 9.47 Å². The second kappa shape index (κ2) is 6.83. The lowest BCUT2D eigenvalue weighted by Crippen LogP contribution is -2.35. The van der Waals surface area contributed by atoms with Crippen molar-refractivity contribution in [1.29, 1.82) is 0 Å². The highest BCUT2D eigenvalue weighted by molar-refractivity contribution is 9.10. The van der Waals surface area contributed by atoms with Gasteiger partial charge in [0.1, 0.15) is 0 Å². The van der Waals surface area contributed by atoms with E-state index < -0.39 is 0 Å². The molecule has 0 aliphatic carbocycles. The molecule has 1 aliphatic heterocycles. The van der Waals surface area contributed by atoms with Crippen LogP contribution < -0.4 is 5.32 Å². The Kier molecular flexibility index (Phi) is 5.38. The van der Waals surface area contributed by atoms with Gasteiger partial charge in [0.05, 0.1) is 29.1 Å². The first-order valence-electron chi connectivity index (χ1n) is 6.76. The van der Waals surface area contributed by atoms with Crippen molar-refractivity contribution in [2.75, 3.05) is 19.8 Å². The van der Waals surface area contributed by atoms with Gasteiger partial charge in [-0.3, -0.25) is 4.68 Å². The summed E-state index contributed by atoms with van der Waals surface area (Å²) in [6, 6.07) is 0.333. The highest BCUT2D eigenvalue weighted by atomic mass is 79.9. The van der Waals surface area contributed by atoms with Crippen LogP contribution in [0.3, 0.4) is 0 Å². The van der Waals surface area contributed by atoms with Crippen molar-refractivity contribution in [2.24, 2.45) is 7.05 Å². The van der Waals surface area contributed by atoms with Crippen LogP contribution >= 0.6 is 15.9 Å². The van der Waals surface area contributed by atoms with Gasteiger partial charge in [0, 0.05) is 25.9 Å². The van der Waals surface area contributed by atoms with E-state index in [1.165, 1.54) is 5.69 Å². The van der Waals surface area contributed by atoms with Gasteiger partial charge in [-0.1, -0.05) is 6.92 Å². The standard InChI is InChI=1S/C13H22BrN3O2/c1-4-15-10(8-12-18-5-6-19-12)7-11-13(14)9(2)16-17(11)3/h10,12,15H,4-8H2,1-3H3. The number of nitrogens with one attached hydrogen (secondary N) is 1. The second-order valence-electron chi connectivity index (χ2n) is 4.84. The number of hydrogen-bond acceptors (Lipinski definition) is 4. The van der Waals surface area contributed by atoms with E-state index >= 15 is 0 Å². The minimum atomic E-state index is -0.0721. The Hall–Kier alpha value is -0.430. The van der Waals surface area contributed by atoms with Gasteiger partial charge in [-0.15, -0.1) is 0 Å². The Bertz CT molecular complexity index is 416. The minimum absolute atomic E-state index is 0.0721. The molecule has 19 heavy (non-hydrogen) atoms. The molecule has 1 aliphatic rings. The molecular weight excluding hydrogens is 310 g/mol. The van der Waals surface area contributed by atoms with E-state index in [0.29, 0.717) is 19.3 Å². The molecule has 108 valence electrons. The van der Waals surface area contributed by atoms with E-state index in [1.54, 1.807) is 0 Å². The van der Waals surface area contributed by atoms with Gasteiger partial charge >= 0.3 is 0 Å². The summed E-state index contributed by atoms with van der Waals surface area (Å²) in [5.74, 6) is 0. The summed E-state index contributed by atoms with van der Waals surface area (Å²) in [4.78, 5) is 0. The van der Waals surface area contributed by atoms with Crippen LogP contribution in [0.2, 0.25) is 0 Å². The van der Waals surface area contributed by atoms with Crippen LogP contribution in [0.25, 0.3) is 0 Å². The Morgan fingerprint density at radius 2 is 2.16 bits per heavy atom. The van der Waals surface area contributed by atoms with Gasteiger partial charge in [0.15, 0.2) is 6.29 Å². The van der Waals surface area contributed by atoms with Crippen LogP contribution in [0.1, 0.15) is 24.7 Å². The molecule has 0 spiro atoms. The predicted molar refractivity (Wildman–Crippen MR) is 77.1 cm³/mol. The number of halogens is 1. The maximum Gasteiger partial charge on any atom is 0.159 e. The molecule has 2 heterocycles. The van der Waals surface area contributed by atoms with Crippen LogP contribution in [0.15, 0.2) is 4.47 Å². The Morgan fingerprint density at radius 3 is 2.68 bits per heavy atom. The molecule has 1 aromatic rings. The molecule has 1 unspecified atom stereocenters. The van der Waals surface area contributed by atoms with Crippen molar-refractivity contribution in [3.63, 3.8) is 0 Å². The summed E-state index contributed by atoms with van der Waals surface area (Å²) in [6.07, 6.45) is 1.71. The van der Waals surface area contributed by atoms with Crippen LogP contribution in [0.4, 0.5) is 0 Å². The van der Waals surface area contributed by atoms with Crippen LogP contribution in [-0.4, -0.2) is 41.9 Å².